The summed E-state index contributed by atoms with van der Waals surface area (Å²) in [6.45, 7) is 6.57. The number of unbranched alkanes of at least 4 members (excludes halogenated alkanes) is 18. The number of ether oxygens (including phenoxy) is 1. The Labute approximate surface area is 291 Å². The van der Waals surface area contributed by atoms with E-state index in [1.54, 1.807) is 0 Å². The van der Waals surface area contributed by atoms with Crippen LogP contribution in [0, 0.1) is 0 Å². The van der Waals surface area contributed by atoms with E-state index in [-0.39, 0.29) is 62.0 Å². The fourth-order valence-corrected chi connectivity index (χ4v) is 4.75. The molecule has 0 bridgehead atoms. The van der Waals surface area contributed by atoms with Crippen molar-refractivity contribution in [2.24, 2.45) is 0 Å². The summed E-state index contributed by atoms with van der Waals surface area (Å²) in [5, 5.41) is 0. The van der Waals surface area contributed by atoms with Crippen molar-refractivity contribution in [3.63, 3.8) is 0 Å². The fourth-order valence-electron chi connectivity index (χ4n) is 4.75. The maximum atomic E-state index is 5.78. The standard InChI is InChI=1S/C24H50O.C12H10.2Na.2H/c1-3-5-7-9-11-13-15-17-19-21-23-25-24-22-20-18-16-14-12-10-8-6-4-2;1-3-7-11(8-4-1)12-9-5-2-6-10-12;;;;/h3-24H2,1-2H3;1-10H;;;;/q;;2*+1;2*-1. The molecule has 0 radical (unpaired) electrons. The van der Waals surface area contributed by atoms with Crippen LogP contribution < -0.4 is 59.1 Å². The minimum Gasteiger partial charge on any atom is -1.00 e. The Kier molecular flexibility index (Phi) is 36.8. The predicted octanol–water partition coefficient (Wildman–Crippen LogP) is 6.43. The predicted molar refractivity (Wildman–Crippen MR) is 169 cm³/mol. The van der Waals surface area contributed by atoms with Crippen molar-refractivity contribution in [1.29, 1.82) is 0 Å². The van der Waals surface area contributed by atoms with E-state index in [9.17, 15) is 0 Å². The molecule has 0 spiro atoms. The van der Waals surface area contributed by atoms with Crippen molar-refractivity contribution in [2.45, 2.75) is 142 Å². The summed E-state index contributed by atoms with van der Waals surface area (Å²) in [6.07, 6.45) is 28.2. The quantitative estimate of drug-likeness (QED) is 0.113. The maximum Gasteiger partial charge on any atom is 1.00 e. The first kappa shape index (κ1) is 41.5. The topological polar surface area (TPSA) is 9.23 Å². The third kappa shape index (κ3) is 28.3. The van der Waals surface area contributed by atoms with Gasteiger partial charge in [0.25, 0.3) is 0 Å². The largest absolute Gasteiger partial charge is 1.00 e. The molecule has 0 aromatic heterocycles. The van der Waals surface area contributed by atoms with Crippen LogP contribution in [-0.2, 0) is 4.74 Å². The van der Waals surface area contributed by atoms with Gasteiger partial charge in [0.2, 0.25) is 0 Å². The molecular formula is C36H62Na2O. The van der Waals surface area contributed by atoms with E-state index in [1.807, 2.05) is 12.1 Å². The molecule has 3 heteroatoms. The van der Waals surface area contributed by atoms with E-state index < -0.39 is 0 Å². The van der Waals surface area contributed by atoms with E-state index in [2.05, 4.69) is 62.4 Å². The van der Waals surface area contributed by atoms with Gasteiger partial charge in [0, 0.05) is 13.2 Å². The first-order valence-corrected chi connectivity index (χ1v) is 16.1. The van der Waals surface area contributed by atoms with Gasteiger partial charge in [-0.1, -0.05) is 190 Å². The van der Waals surface area contributed by atoms with Gasteiger partial charge in [0.15, 0.2) is 0 Å². The SMILES string of the molecule is CCCCCCCCCCCCOCCCCCCCCCCCC.[H-].[H-].[Na+].[Na+].c1ccc(-c2ccccc2)cc1. The Morgan fingerprint density at radius 1 is 0.385 bits per heavy atom. The average molecular weight is 557 g/mol. The van der Waals surface area contributed by atoms with Gasteiger partial charge in [-0.15, -0.1) is 0 Å². The van der Waals surface area contributed by atoms with Crippen LogP contribution in [0.25, 0.3) is 11.1 Å². The number of hydrogen-bond donors (Lipinski definition) is 0. The van der Waals surface area contributed by atoms with E-state index in [1.165, 1.54) is 140 Å². The van der Waals surface area contributed by atoms with Gasteiger partial charge in [-0.2, -0.15) is 0 Å². The van der Waals surface area contributed by atoms with Gasteiger partial charge in [-0.25, -0.2) is 0 Å². The van der Waals surface area contributed by atoms with Crippen molar-refractivity contribution in [3.05, 3.63) is 60.7 Å². The Hall–Kier alpha value is 0.400. The van der Waals surface area contributed by atoms with Gasteiger partial charge in [-0.3, -0.25) is 0 Å². The van der Waals surface area contributed by atoms with E-state index >= 15 is 0 Å². The summed E-state index contributed by atoms with van der Waals surface area (Å²) in [6, 6.07) is 20.8. The molecule has 0 saturated heterocycles. The summed E-state index contributed by atoms with van der Waals surface area (Å²) >= 11 is 0. The smallest absolute Gasteiger partial charge is 1.00 e. The molecule has 0 saturated carbocycles. The number of benzene rings is 2. The van der Waals surface area contributed by atoms with Crippen LogP contribution in [0.1, 0.15) is 145 Å². The second kappa shape index (κ2) is 34.6. The van der Waals surface area contributed by atoms with Crippen molar-refractivity contribution in [2.75, 3.05) is 13.2 Å². The summed E-state index contributed by atoms with van der Waals surface area (Å²) in [5.74, 6) is 0. The van der Waals surface area contributed by atoms with Gasteiger partial charge in [0.05, 0.1) is 0 Å². The molecule has 0 heterocycles. The molecule has 0 aliphatic carbocycles. The number of hydrogen-bond acceptors (Lipinski definition) is 1. The summed E-state index contributed by atoms with van der Waals surface area (Å²) in [7, 11) is 0. The van der Waals surface area contributed by atoms with Crippen molar-refractivity contribution < 1.29 is 66.7 Å². The molecular weight excluding hydrogens is 494 g/mol. The zero-order valence-corrected chi connectivity index (χ0v) is 30.7. The second-order valence-electron chi connectivity index (χ2n) is 10.7. The molecule has 0 amide bonds. The molecule has 2 aromatic carbocycles. The molecule has 39 heavy (non-hydrogen) atoms. The van der Waals surface area contributed by atoms with Crippen molar-refractivity contribution in [3.8, 4) is 11.1 Å². The molecule has 214 valence electrons. The zero-order valence-electron chi connectivity index (χ0n) is 28.7. The Balaban J connectivity index is -0.000000360. The molecule has 0 N–H and O–H groups in total. The van der Waals surface area contributed by atoms with Gasteiger partial charge in [-0.05, 0) is 24.0 Å². The molecule has 0 fully saturated rings. The van der Waals surface area contributed by atoms with Gasteiger partial charge >= 0.3 is 59.1 Å². The summed E-state index contributed by atoms with van der Waals surface area (Å²) < 4.78 is 5.78. The van der Waals surface area contributed by atoms with Crippen LogP contribution in [0.15, 0.2) is 60.7 Å². The first-order valence-electron chi connectivity index (χ1n) is 16.1. The monoisotopic (exact) mass is 556 g/mol. The normalized spacial score (nSPS) is 10.2. The van der Waals surface area contributed by atoms with Crippen molar-refractivity contribution >= 4 is 0 Å². The molecule has 0 aliphatic heterocycles. The minimum absolute atomic E-state index is 0. The van der Waals surface area contributed by atoms with E-state index in [0.29, 0.717) is 0 Å². The average Bonchev–Trinajstić information content (AvgIpc) is 2.95. The second-order valence-corrected chi connectivity index (χ2v) is 10.7. The molecule has 0 atom stereocenters. The Morgan fingerprint density at radius 3 is 0.923 bits per heavy atom. The number of rotatable bonds is 23. The van der Waals surface area contributed by atoms with Gasteiger partial charge < -0.3 is 7.59 Å². The Bertz CT molecular complexity index is 629. The molecule has 0 unspecified atom stereocenters. The third-order valence-electron chi connectivity index (χ3n) is 7.17. The molecule has 1 nitrogen and oxygen atoms in total. The summed E-state index contributed by atoms with van der Waals surface area (Å²) in [5.41, 5.74) is 2.55. The molecule has 2 rings (SSSR count). The maximum absolute atomic E-state index is 5.78. The Morgan fingerprint density at radius 2 is 0.641 bits per heavy atom. The van der Waals surface area contributed by atoms with Gasteiger partial charge in [0.1, 0.15) is 0 Å². The van der Waals surface area contributed by atoms with E-state index in [0.717, 1.165) is 13.2 Å². The van der Waals surface area contributed by atoms with Crippen LogP contribution in [0.4, 0.5) is 0 Å². The van der Waals surface area contributed by atoms with Crippen LogP contribution in [0.3, 0.4) is 0 Å². The van der Waals surface area contributed by atoms with Crippen molar-refractivity contribution in [1.82, 2.24) is 0 Å². The van der Waals surface area contributed by atoms with Crippen LogP contribution >= 0.6 is 0 Å². The molecule has 0 aliphatic rings. The molecule has 2 aromatic rings. The van der Waals surface area contributed by atoms with Crippen LogP contribution in [0.5, 0.6) is 0 Å². The fraction of sp³-hybridized carbons (Fsp3) is 0.667. The zero-order chi connectivity index (χ0) is 26.5. The minimum atomic E-state index is 0. The van der Waals surface area contributed by atoms with E-state index in [4.69, 9.17) is 4.74 Å². The third-order valence-corrected chi connectivity index (χ3v) is 7.17. The van der Waals surface area contributed by atoms with Crippen LogP contribution in [-0.4, -0.2) is 13.2 Å². The summed E-state index contributed by atoms with van der Waals surface area (Å²) in [4.78, 5) is 0. The van der Waals surface area contributed by atoms with Crippen LogP contribution in [0.2, 0.25) is 0 Å². The first-order chi connectivity index (χ1) is 18.4.